The summed E-state index contributed by atoms with van der Waals surface area (Å²) < 4.78 is 14.2. The molecule has 0 bridgehead atoms. The predicted octanol–water partition coefficient (Wildman–Crippen LogP) is -0.0733. The van der Waals surface area contributed by atoms with Crippen molar-refractivity contribution in [3.05, 3.63) is 0 Å². The van der Waals surface area contributed by atoms with E-state index in [0.29, 0.717) is 12.2 Å². The lowest BCUT2D eigenvalue weighted by Crippen LogP contribution is -2.52. The van der Waals surface area contributed by atoms with E-state index in [2.05, 4.69) is 10.0 Å². The van der Waals surface area contributed by atoms with Gasteiger partial charge in [-0.25, -0.2) is 8.93 Å². The average Bonchev–Trinajstić information content (AvgIpc) is 2.09. The Morgan fingerprint density at radius 1 is 1.69 bits per heavy atom. The first-order chi connectivity index (χ1) is 6.13. The molecule has 0 aliphatic carbocycles. The minimum atomic E-state index is -0.958. The fourth-order valence-electron chi connectivity index (χ4n) is 1.38. The van der Waals surface area contributed by atoms with Gasteiger partial charge in [0.2, 0.25) is 5.91 Å². The van der Waals surface area contributed by atoms with Crippen LogP contribution < -0.4 is 10.0 Å². The van der Waals surface area contributed by atoms with Crippen molar-refractivity contribution in [2.75, 3.05) is 5.75 Å². The molecular weight excluding hydrogens is 188 g/mol. The molecule has 0 aromatic rings. The van der Waals surface area contributed by atoms with Crippen molar-refractivity contribution in [3.8, 4) is 0 Å². The van der Waals surface area contributed by atoms with Crippen LogP contribution in [0.25, 0.3) is 0 Å². The molecule has 0 spiro atoms. The van der Waals surface area contributed by atoms with Gasteiger partial charge in [-0.15, -0.1) is 0 Å². The fourth-order valence-corrected chi connectivity index (χ4v) is 2.20. The second-order valence-electron chi connectivity index (χ2n) is 3.25. The van der Waals surface area contributed by atoms with E-state index in [1.807, 2.05) is 13.8 Å². The summed E-state index contributed by atoms with van der Waals surface area (Å²) in [6.45, 7) is 3.80. The lowest BCUT2D eigenvalue weighted by Gasteiger charge is -2.29. The van der Waals surface area contributed by atoms with Gasteiger partial charge in [-0.05, 0) is 13.3 Å². The summed E-state index contributed by atoms with van der Waals surface area (Å²) in [4.78, 5) is 11.0. The molecule has 0 aromatic carbocycles. The molecular formula is C8H16N2O2S. The summed E-state index contributed by atoms with van der Waals surface area (Å²) in [5, 5.41) is 2.82. The molecule has 76 valence electrons. The van der Waals surface area contributed by atoms with Gasteiger partial charge in [0, 0.05) is 24.3 Å². The SMILES string of the molecule is CCS(=O)NC1CCC(=O)NC1C. The van der Waals surface area contributed by atoms with Crippen molar-refractivity contribution < 1.29 is 9.00 Å². The number of rotatable bonds is 3. The second kappa shape index (κ2) is 4.72. The van der Waals surface area contributed by atoms with Crippen LogP contribution in [0.15, 0.2) is 0 Å². The zero-order valence-corrected chi connectivity index (χ0v) is 8.82. The van der Waals surface area contributed by atoms with E-state index in [0.717, 1.165) is 6.42 Å². The Balaban J connectivity index is 2.42. The quantitative estimate of drug-likeness (QED) is 0.676. The van der Waals surface area contributed by atoms with Gasteiger partial charge in [-0.2, -0.15) is 0 Å². The largest absolute Gasteiger partial charge is 0.352 e. The molecule has 1 saturated heterocycles. The molecule has 1 rings (SSSR count). The summed E-state index contributed by atoms with van der Waals surface area (Å²) >= 11 is 0. The average molecular weight is 204 g/mol. The Morgan fingerprint density at radius 2 is 2.38 bits per heavy atom. The van der Waals surface area contributed by atoms with Crippen LogP contribution in [0, 0.1) is 0 Å². The highest BCUT2D eigenvalue weighted by Gasteiger charge is 2.25. The van der Waals surface area contributed by atoms with Gasteiger partial charge >= 0.3 is 0 Å². The maximum atomic E-state index is 11.2. The molecule has 2 N–H and O–H groups in total. The fraction of sp³-hybridized carbons (Fsp3) is 0.875. The summed E-state index contributed by atoms with van der Waals surface area (Å²) in [5.74, 6) is 0.699. The zero-order valence-electron chi connectivity index (χ0n) is 8.00. The van der Waals surface area contributed by atoms with Gasteiger partial charge in [0.1, 0.15) is 0 Å². The standard InChI is InChI=1S/C8H16N2O2S/c1-3-13(12)10-7-4-5-8(11)9-6(7)2/h6-7,10H,3-5H2,1-2H3,(H,9,11). The van der Waals surface area contributed by atoms with Crippen molar-refractivity contribution in [1.29, 1.82) is 0 Å². The highest BCUT2D eigenvalue weighted by Crippen LogP contribution is 2.09. The Morgan fingerprint density at radius 3 is 2.92 bits per heavy atom. The molecule has 0 radical (unpaired) electrons. The highest BCUT2D eigenvalue weighted by molar-refractivity contribution is 7.82. The van der Waals surface area contributed by atoms with Gasteiger partial charge in [-0.3, -0.25) is 4.79 Å². The Hall–Kier alpha value is -0.420. The number of piperidine rings is 1. The van der Waals surface area contributed by atoms with E-state index >= 15 is 0 Å². The third kappa shape index (κ3) is 3.08. The van der Waals surface area contributed by atoms with Crippen LogP contribution in [-0.4, -0.2) is 28.0 Å². The maximum absolute atomic E-state index is 11.2. The minimum Gasteiger partial charge on any atom is -0.352 e. The smallest absolute Gasteiger partial charge is 0.220 e. The van der Waals surface area contributed by atoms with Gasteiger partial charge in [-0.1, -0.05) is 6.92 Å². The summed E-state index contributed by atoms with van der Waals surface area (Å²) in [6, 6.07) is 0.232. The molecule has 1 aliphatic rings. The van der Waals surface area contributed by atoms with Gasteiger partial charge in [0.05, 0.1) is 11.0 Å². The van der Waals surface area contributed by atoms with E-state index in [-0.39, 0.29) is 18.0 Å². The first-order valence-electron chi connectivity index (χ1n) is 4.57. The van der Waals surface area contributed by atoms with E-state index in [9.17, 15) is 9.00 Å². The topological polar surface area (TPSA) is 58.2 Å². The highest BCUT2D eigenvalue weighted by atomic mass is 32.2. The molecule has 3 atom stereocenters. The maximum Gasteiger partial charge on any atom is 0.220 e. The number of hydrogen-bond acceptors (Lipinski definition) is 2. The number of carbonyl (C=O) groups excluding carboxylic acids is 1. The second-order valence-corrected chi connectivity index (χ2v) is 4.76. The molecule has 13 heavy (non-hydrogen) atoms. The number of carbonyl (C=O) groups is 1. The van der Waals surface area contributed by atoms with Crippen LogP contribution in [-0.2, 0) is 15.8 Å². The van der Waals surface area contributed by atoms with Crippen molar-refractivity contribution in [2.45, 2.75) is 38.8 Å². The van der Waals surface area contributed by atoms with Crippen LogP contribution in [0.3, 0.4) is 0 Å². The van der Waals surface area contributed by atoms with Crippen molar-refractivity contribution in [1.82, 2.24) is 10.0 Å². The van der Waals surface area contributed by atoms with E-state index < -0.39 is 11.0 Å². The van der Waals surface area contributed by atoms with Gasteiger partial charge in [0.25, 0.3) is 0 Å². The van der Waals surface area contributed by atoms with Crippen LogP contribution in [0.2, 0.25) is 0 Å². The van der Waals surface area contributed by atoms with Crippen molar-refractivity contribution in [2.24, 2.45) is 0 Å². The van der Waals surface area contributed by atoms with Crippen LogP contribution >= 0.6 is 0 Å². The molecule has 0 saturated carbocycles. The molecule has 1 amide bonds. The molecule has 0 aromatic heterocycles. The minimum absolute atomic E-state index is 0.0803. The van der Waals surface area contributed by atoms with E-state index in [4.69, 9.17) is 0 Å². The van der Waals surface area contributed by atoms with Crippen molar-refractivity contribution >= 4 is 16.9 Å². The zero-order chi connectivity index (χ0) is 9.84. The molecule has 1 fully saturated rings. The predicted molar refractivity (Wildman–Crippen MR) is 52.4 cm³/mol. The molecule has 4 nitrogen and oxygen atoms in total. The van der Waals surface area contributed by atoms with E-state index in [1.54, 1.807) is 0 Å². The summed E-state index contributed by atoms with van der Waals surface area (Å²) in [7, 11) is -0.958. The van der Waals surface area contributed by atoms with Gasteiger partial charge in [0.15, 0.2) is 0 Å². The molecule has 5 heteroatoms. The normalized spacial score (nSPS) is 31.1. The van der Waals surface area contributed by atoms with Crippen LogP contribution in [0.4, 0.5) is 0 Å². The first-order valence-corrected chi connectivity index (χ1v) is 5.89. The summed E-state index contributed by atoms with van der Waals surface area (Å²) in [5.41, 5.74) is 0. The van der Waals surface area contributed by atoms with Gasteiger partial charge < -0.3 is 5.32 Å². The van der Waals surface area contributed by atoms with E-state index in [1.165, 1.54) is 0 Å². The third-order valence-corrected chi connectivity index (χ3v) is 3.31. The number of nitrogens with one attached hydrogen (secondary N) is 2. The van der Waals surface area contributed by atoms with Crippen molar-refractivity contribution in [3.63, 3.8) is 0 Å². The summed E-state index contributed by atoms with van der Waals surface area (Å²) in [6.07, 6.45) is 1.31. The monoisotopic (exact) mass is 204 g/mol. The molecule has 3 unspecified atom stereocenters. The Bertz CT molecular complexity index is 220. The number of amides is 1. The first kappa shape index (κ1) is 10.7. The third-order valence-electron chi connectivity index (χ3n) is 2.22. The lowest BCUT2D eigenvalue weighted by molar-refractivity contribution is -0.123. The lowest BCUT2D eigenvalue weighted by atomic mass is 10.0. The Labute approximate surface area is 81.1 Å². The Kier molecular flexibility index (Phi) is 3.87. The molecule has 1 heterocycles. The molecule has 1 aliphatic heterocycles. The van der Waals surface area contributed by atoms with Crippen LogP contribution in [0.1, 0.15) is 26.7 Å². The van der Waals surface area contributed by atoms with Crippen LogP contribution in [0.5, 0.6) is 0 Å². The number of hydrogen-bond donors (Lipinski definition) is 2.